The molecule has 3 unspecified atom stereocenters. The number of fused-ring (bicyclic) bond motifs is 1. The van der Waals surface area contributed by atoms with E-state index in [0.717, 1.165) is 25.7 Å². The number of rotatable bonds is 3. The predicted molar refractivity (Wildman–Crippen MR) is 62.2 cm³/mol. The number of ether oxygens (including phenoxy) is 1. The molecule has 1 aliphatic heterocycles. The van der Waals surface area contributed by atoms with Crippen LogP contribution in [0.25, 0.3) is 0 Å². The molecule has 0 spiro atoms. The fourth-order valence-corrected chi connectivity index (χ4v) is 3.19. The van der Waals surface area contributed by atoms with Gasteiger partial charge in [-0.25, -0.2) is 0 Å². The van der Waals surface area contributed by atoms with Crippen molar-refractivity contribution in [1.29, 1.82) is 0 Å². The Morgan fingerprint density at radius 3 is 2.67 bits per heavy atom. The summed E-state index contributed by atoms with van der Waals surface area (Å²) in [5.41, 5.74) is 5.34. The lowest BCUT2D eigenvalue weighted by Crippen LogP contribution is -2.60. The molecule has 0 radical (unpaired) electrons. The first kappa shape index (κ1) is 14.1. The number of morpholine rings is 1. The van der Waals surface area contributed by atoms with Crippen LogP contribution in [0.15, 0.2) is 0 Å². The van der Waals surface area contributed by atoms with Crippen molar-refractivity contribution >= 4 is 0 Å². The van der Waals surface area contributed by atoms with E-state index >= 15 is 0 Å². The molecule has 3 atom stereocenters. The monoisotopic (exact) mass is 266 g/mol. The van der Waals surface area contributed by atoms with Crippen molar-refractivity contribution in [3.63, 3.8) is 0 Å². The van der Waals surface area contributed by atoms with Crippen molar-refractivity contribution in [2.45, 2.75) is 56.5 Å². The SMILES string of the molecule is NCCC(N1CCOC2CCCCC21)C(F)(F)F. The number of hydrogen-bond acceptors (Lipinski definition) is 3. The third-order valence-corrected chi connectivity index (χ3v) is 3.99. The van der Waals surface area contributed by atoms with Crippen LogP contribution in [-0.4, -0.2) is 49.0 Å². The van der Waals surface area contributed by atoms with Crippen LogP contribution in [-0.2, 0) is 4.74 Å². The van der Waals surface area contributed by atoms with E-state index in [1.54, 1.807) is 4.90 Å². The number of nitrogens with zero attached hydrogens (tertiary/aromatic N) is 1. The number of alkyl halides is 3. The molecular weight excluding hydrogens is 245 g/mol. The smallest absolute Gasteiger partial charge is 0.375 e. The van der Waals surface area contributed by atoms with E-state index in [1.807, 2.05) is 0 Å². The average molecular weight is 266 g/mol. The van der Waals surface area contributed by atoms with Crippen LogP contribution < -0.4 is 5.73 Å². The summed E-state index contributed by atoms with van der Waals surface area (Å²) in [6.45, 7) is 0.836. The Morgan fingerprint density at radius 1 is 1.28 bits per heavy atom. The Labute approximate surface area is 105 Å². The van der Waals surface area contributed by atoms with E-state index < -0.39 is 12.2 Å². The molecule has 0 bridgehead atoms. The fourth-order valence-electron chi connectivity index (χ4n) is 3.19. The van der Waals surface area contributed by atoms with Crippen LogP contribution in [0.1, 0.15) is 32.1 Å². The molecule has 0 aromatic rings. The standard InChI is InChI=1S/C12H21F3N2O/c13-12(14,15)11(5-6-16)17-7-8-18-10-4-2-1-3-9(10)17/h9-11H,1-8,16H2. The first-order valence-corrected chi connectivity index (χ1v) is 6.68. The molecule has 3 nitrogen and oxygen atoms in total. The van der Waals surface area contributed by atoms with Crippen molar-refractivity contribution in [2.24, 2.45) is 5.73 Å². The Balaban J connectivity index is 2.12. The Bertz CT molecular complexity index is 271. The van der Waals surface area contributed by atoms with Crippen molar-refractivity contribution in [2.75, 3.05) is 19.7 Å². The van der Waals surface area contributed by atoms with E-state index in [2.05, 4.69) is 0 Å². The number of halogens is 3. The molecule has 1 heterocycles. The van der Waals surface area contributed by atoms with Crippen LogP contribution in [0.2, 0.25) is 0 Å². The summed E-state index contributed by atoms with van der Waals surface area (Å²) >= 11 is 0. The summed E-state index contributed by atoms with van der Waals surface area (Å²) < 4.78 is 44.9. The normalized spacial score (nSPS) is 32.0. The number of hydrogen-bond donors (Lipinski definition) is 1. The Hall–Kier alpha value is -0.330. The second-order valence-corrected chi connectivity index (χ2v) is 5.13. The molecule has 0 aromatic heterocycles. The van der Waals surface area contributed by atoms with Crippen LogP contribution in [0.3, 0.4) is 0 Å². The van der Waals surface area contributed by atoms with Gasteiger partial charge in [0.1, 0.15) is 6.04 Å². The zero-order chi connectivity index (χ0) is 13.2. The maximum absolute atomic E-state index is 13.1. The molecule has 18 heavy (non-hydrogen) atoms. The van der Waals surface area contributed by atoms with Gasteiger partial charge < -0.3 is 10.5 Å². The highest BCUT2D eigenvalue weighted by Crippen LogP contribution is 2.35. The highest BCUT2D eigenvalue weighted by molar-refractivity contribution is 4.93. The number of nitrogens with two attached hydrogens (primary N) is 1. The fraction of sp³-hybridized carbons (Fsp3) is 1.00. The van der Waals surface area contributed by atoms with E-state index in [4.69, 9.17) is 10.5 Å². The second-order valence-electron chi connectivity index (χ2n) is 5.13. The van der Waals surface area contributed by atoms with E-state index in [-0.39, 0.29) is 25.1 Å². The maximum Gasteiger partial charge on any atom is 0.404 e. The summed E-state index contributed by atoms with van der Waals surface area (Å²) in [4.78, 5) is 1.60. The molecule has 1 saturated carbocycles. The predicted octanol–water partition coefficient (Wildman–Crippen LogP) is 1.91. The topological polar surface area (TPSA) is 38.5 Å². The highest BCUT2D eigenvalue weighted by Gasteiger charge is 2.48. The second kappa shape index (κ2) is 5.75. The lowest BCUT2D eigenvalue weighted by molar-refractivity contribution is -0.214. The van der Waals surface area contributed by atoms with Crippen molar-refractivity contribution < 1.29 is 17.9 Å². The molecular formula is C12H21F3N2O. The molecule has 0 aromatic carbocycles. The minimum absolute atomic E-state index is 0.0184. The van der Waals surface area contributed by atoms with Gasteiger partial charge in [0.25, 0.3) is 0 Å². The van der Waals surface area contributed by atoms with Gasteiger partial charge in [0.2, 0.25) is 0 Å². The van der Waals surface area contributed by atoms with E-state index in [0.29, 0.717) is 13.2 Å². The Morgan fingerprint density at radius 2 is 2.00 bits per heavy atom. The van der Waals surface area contributed by atoms with Gasteiger partial charge in [-0.1, -0.05) is 12.8 Å². The van der Waals surface area contributed by atoms with Gasteiger partial charge in [-0.05, 0) is 25.8 Å². The quantitative estimate of drug-likeness (QED) is 0.848. The lowest BCUT2D eigenvalue weighted by Gasteiger charge is -2.47. The lowest BCUT2D eigenvalue weighted by atomic mass is 9.88. The van der Waals surface area contributed by atoms with Gasteiger partial charge in [-0.3, -0.25) is 4.90 Å². The summed E-state index contributed by atoms with van der Waals surface area (Å²) in [7, 11) is 0. The van der Waals surface area contributed by atoms with Crippen molar-refractivity contribution in [3.05, 3.63) is 0 Å². The summed E-state index contributed by atoms with van der Waals surface area (Å²) in [5.74, 6) is 0. The van der Waals surface area contributed by atoms with Crippen LogP contribution in [0, 0.1) is 0 Å². The van der Waals surface area contributed by atoms with E-state index in [9.17, 15) is 13.2 Å². The molecule has 2 fully saturated rings. The summed E-state index contributed by atoms with van der Waals surface area (Å²) in [5, 5.41) is 0. The van der Waals surface area contributed by atoms with E-state index in [1.165, 1.54) is 0 Å². The van der Waals surface area contributed by atoms with Gasteiger partial charge in [-0.2, -0.15) is 13.2 Å². The van der Waals surface area contributed by atoms with Gasteiger partial charge >= 0.3 is 6.18 Å². The zero-order valence-electron chi connectivity index (χ0n) is 10.5. The summed E-state index contributed by atoms with van der Waals surface area (Å²) in [6, 6.07) is -1.48. The van der Waals surface area contributed by atoms with Gasteiger partial charge in [0.15, 0.2) is 0 Å². The molecule has 2 aliphatic rings. The zero-order valence-corrected chi connectivity index (χ0v) is 10.5. The van der Waals surface area contributed by atoms with Gasteiger partial charge in [0.05, 0.1) is 12.7 Å². The molecule has 106 valence electrons. The third kappa shape index (κ3) is 2.97. The van der Waals surface area contributed by atoms with Gasteiger partial charge in [-0.15, -0.1) is 0 Å². The van der Waals surface area contributed by atoms with Crippen molar-refractivity contribution in [3.8, 4) is 0 Å². The van der Waals surface area contributed by atoms with Crippen LogP contribution >= 0.6 is 0 Å². The van der Waals surface area contributed by atoms with Crippen LogP contribution in [0.5, 0.6) is 0 Å². The minimum atomic E-state index is -4.20. The third-order valence-electron chi connectivity index (χ3n) is 3.99. The van der Waals surface area contributed by atoms with Crippen molar-refractivity contribution in [1.82, 2.24) is 4.90 Å². The first-order valence-electron chi connectivity index (χ1n) is 6.68. The molecule has 1 aliphatic carbocycles. The average Bonchev–Trinajstić information content (AvgIpc) is 2.34. The molecule has 0 amide bonds. The van der Waals surface area contributed by atoms with Crippen LogP contribution in [0.4, 0.5) is 13.2 Å². The highest BCUT2D eigenvalue weighted by atomic mass is 19.4. The van der Waals surface area contributed by atoms with Gasteiger partial charge in [0, 0.05) is 12.6 Å². The molecule has 1 saturated heterocycles. The molecule has 2 rings (SSSR count). The maximum atomic E-state index is 13.1. The minimum Gasteiger partial charge on any atom is -0.375 e. The summed E-state index contributed by atoms with van der Waals surface area (Å²) in [6.07, 6.45) is -0.492. The first-order chi connectivity index (χ1) is 8.54. The Kier molecular flexibility index (Phi) is 4.50. The largest absolute Gasteiger partial charge is 0.404 e. The molecule has 6 heteroatoms. The molecule has 2 N–H and O–H groups in total.